The van der Waals surface area contributed by atoms with Crippen LogP contribution in [0.2, 0.25) is 0 Å². The zero-order valence-electron chi connectivity index (χ0n) is 35.0. The van der Waals surface area contributed by atoms with Crippen molar-refractivity contribution in [2.24, 2.45) is 5.73 Å². The number of para-hydroxylation sites is 4. The third kappa shape index (κ3) is 12.6. The lowest BCUT2D eigenvalue weighted by atomic mass is 10.1. The van der Waals surface area contributed by atoms with Crippen LogP contribution in [0.15, 0.2) is 97.1 Å². The van der Waals surface area contributed by atoms with Gasteiger partial charge in [-0.25, -0.2) is 9.59 Å². The summed E-state index contributed by atoms with van der Waals surface area (Å²) in [5, 5.41) is 1.57. The number of nitrogens with one attached hydrogen (secondary N) is 1. The number of nitrogens with two attached hydrogens (primary N) is 1. The average Bonchev–Trinajstić information content (AvgIpc) is 3.31. The van der Waals surface area contributed by atoms with Gasteiger partial charge in [-0.05, 0) is 73.9 Å². The number of halogens is 3. The molecule has 0 spiro atoms. The molecule has 2 aliphatic heterocycles. The summed E-state index contributed by atoms with van der Waals surface area (Å²) in [6.45, 7) is 2.70. The molecule has 4 aromatic rings. The van der Waals surface area contributed by atoms with Gasteiger partial charge in [0, 0.05) is 37.3 Å². The molecular weight excluding hydrogens is 806 g/mol. The monoisotopic (exact) mass is 858 g/mol. The van der Waals surface area contributed by atoms with Crippen LogP contribution < -0.4 is 30.3 Å². The molecule has 0 aliphatic carbocycles. The minimum atomic E-state index is -5.05. The van der Waals surface area contributed by atoms with Gasteiger partial charge in [-0.3, -0.25) is 24.2 Å². The molecule has 6 rings (SSSR count). The molecule has 0 unspecified atom stereocenters. The molecule has 13 nitrogen and oxygen atoms in total. The molecule has 4 aromatic carbocycles. The van der Waals surface area contributed by atoms with Gasteiger partial charge in [0.1, 0.15) is 11.5 Å². The van der Waals surface area contributed by atoms with Gasteiger partial charge in [-0.15, -0.1) is 0 Å². The highest BCUT2D eigenvalue weighted by Crippen LogP contribution is 2.32. The van der Waals surface area contributed by atoms with Crippen LogP contribution >= 0.6 is 0 Å². The third-order valence-corrected chi connectivity index (χ3v) is 10.6. The van der Waals surface area contributed by atoms with Crippen LogP contribution in [0.4, 0.5) is 34.1 Å². The summed E-state index contributed by atoms with van der Waals surface area (Å²) < 4.78 is 47.9. The van der Waals surface area contributed by atoms with Crippen molar-refractivity contribution >= 4 is 40.9 Å². The molecule has 0 radical (unpaired) electrons. The Balaban J connectivity index is 0.000000238. The summed E-state index contributed by atoms with van der Waals surface area (Å²) in [6.07, 6.45) is 1.13. The Morgan fingerprint density at radius 2 is 0.984 bits per heavy atom. The van der Waals surface area contributed by atoms with Crippen LogP contribution in [-0.2, 0) is 17.9 Å². The number of carbonyl (C=O) groups is 5. The highest BCUT2D eigenvalue weighted by Gasteiger charge is 2.38. The van der Waals surface area contributed by atoms with Crippen molar-refractivity contribution in [1.82, 2.24) is 15.1 Å². The maximum Gasteiger partial charge on any atom is 0.471 e. The number of rotatable bonds is 13. The second-order valence-electron chi connectivity index (χ2n) is 14.8. The maximum absolute atomic E-state index is 13.4. The number of amides is 5. The summed E-state index contributed by atoms with van der Waals surface area (Å²) in [4.78, 5) is 68.6. The number of hydrogen-bond acceptors (Lipinski definition) is 8. The van der Waals surface area contributed by atoms with Crippen molar-refractivity contribution in [2.45, 2.75) is 57.8 Å². The normalized spacial score (nSPS) is 13.8. The summed E-state index contributed by atoms with van der Waals surface area (Å²) in [5.74, 6) is -1.73. The van der Waals surface area contributed by atoms with Gasteiger partial charge in [0.15, 0.2) is 11.6 Å². The van der Waals surface area contributed by atoms with Crippen LogP contribution in [0.3, 0.4) is 0 Å². The number of likely N-dealkylation sites (tertiary alicyclic amines) is 2. The third-order valence-electron chi connectivity index (χ3n) is 10.6. The first kappa shape index (κ1) is 46.6. The smallest absolute Gasteiger partial charge is 0.471 e. The largest absolute Gasteiger partial charge is 0.495 e. The first-order valence-corrected chi connectivity index (χ1v) is 20.5. The molecule has 2 fully saturated rings. The molecule has 2 saturated heterocycles. The minimum absolute atomic E-state index is 0.0138. The number of methoxy groups -OCH3 is 2. The van der Waals surface area contributed by atoms with E-state index >= 15 is 0 Å². The Kier molecular flexibility index (Phi) is 16.9. The quantitative estimate of drug-likeness (QED) is 0.130. The number of Topliss-reactive ketones (excluding diaryl/α,β-unsaturated/α-hetero) is 2. The number of nitrogens with zero attached hydrogens (tertiary/aromatic N) is 4. The SMILES string of the molecule is COc1ccccc1N(Cc1ccc(C(=O)CN)cc1)C(=O)N1CCCCC1.COc1ccccc1N(Cc1ccc(C(=O)CNC(=O)C(F)(F)F)cc1)C(=O)N1CCCCC1. The Labute approximate surface area is 359 Å². The lowest BCUT2D eigenvalue weighted by Gasteiger charge is -2.33. The zero-order valence-corrected chi connectivity index (χ0v) is 35.0. The van der Waals surface area contributed by atoms with E-state index in [1.165, 1.54) is 19.2 Å². The molecule has 0 saturated carbocycles. The Morgan fingerprint density at radius 1 is 0.597 bits per heavy atom. The Morgan fingerprint density at radius 3 is 1.35 bits per heavy atom. The predicted octanol–water partition coefficient (Wildman–Crippen LogP) is 7.62. The molecule has 3 N–H and O–H groups in total. The number of hydrogen-bond donors (Lipinski definition) is 2. The molecule has 62 heavy (non-hydrogen) atoms. The molecule has 0 atom stereocenters. The van der Waals surface area contributed by atoms with E-state index in [0.29, 0.717) is 47.9 Å². The molecule has 16 heteroatoms. The van der Waals surface area contributed by atoms with Crippen LogP contribution in [0, 0.1) is 0 Å². The fourth-order valence-electron chi connectivity index (χ4n) is 7.17. The summed E-state index contributed by atoms with van der Waals surface area (Å²) in [5.41, 5.74) is 9.16. The van der Waals surface area contributed by atoms with Gasteiger partial charge >= 0.3 is 24.1 Å². The first-order valence-electron chi connectivity index (χ1n) is 20.5. The molecule has 2 heterocycles. The first-order chi connectivity index (χ1) is 29.8. The lowest BCUT2D eigenvalue weighted by Crippen LogP contribution is -2.45. The lowest BCUT2D eigenvalue weighted by molar-refractivity contribution is -0.173. The molecule has 5 amide bonds. The van der Waals surface area contributed by atoms with E-state index in [9.17, 15) is 37.1 Å². The molecule has 330 valence electrons. The van der Waals surface area contributed by atoms with E-state index in [1.807, 2.05) is 53.4 Å². The average molecular weight is 859 g/mol. The zero-order chi connectivity index (χ0) is 44.6. The fourth-order valence-corrected chi connectivity index (χ4v) is 7.17. The van der Waals surface area contributed by atoms with E-state index in [0.717, 1.165) is 62.9 Å². The van der Waals surface area contributed by atoms with Crippen LogP contribution in [0.5, 0.6) is 11.5 Å². The van der Waals surface area contributed by atoms with Crippen LogP contribution in [0.25, 0.3) is 0 Å². The number of ether oxygens (including phenoxy) is 2. The second-order valence-corrected chi connectivity index (χ2v) is 14.8. The van der Waals surface area contributed by atoms with Crippen molar-refractivity contribution in [3.8, 4) is 11.5 Å². The van der Waals surface area contributed by atoms with E-state index in [-0.39, 0.29) is 36.5 Å². The van der Waals surface area contributed by atoms with Gasteiger partial charge in [0.05, 0.1) is 51.8 Å². The second kappa shape index (κ2) is 22.4. The topological polar surface area (TPSA) is 155 Å². The number of alkyl halides is 3. The maximum atomic E-state index is 13.4. The number of piperidine rings is 2. The number of ketones is 2. The van der Waals surface area contributed by atoms with Crippen molar-refractivity contribution in [2.75, 3.05) is 63.3 Å². The number of anilines is 2. The molecule has 2 aliphatic rings. The fraction of sp³-hybridized carbons (Fsp3) is 0.370. The van der Waals surface area contributed by atoms with Crippen molar-refractivity contribution in [1.29, 1.82) is 0 Å². The Bertz CT molecular complexity index is 2140. The van der Waals surface area contributed by atoms with Crippen molar-refractivity contribution in [3.05, 3.63) is 119 Å². The highest BCUT2D eigenvalue weighted by molar-refractivity contribution is 6.00. The Hall–Kier alpha value is -6.42. The van der Waals surface area contributed by atoms with E-state index in [4.69, 9.17) is 15.2 Å². The summed E-state index contributed by atoms with van der Waals surface area (Å²) in [7, 11) is 3.13. The number of urea groups is 2. The van der Waals surface area contributed by atoms with Gasteiger partial charge in [-0.1, -0.05) is 72.8 Å². The van der Waals surface area contributed by atoms with Gasteiger partial charge in [0.25, 0.3) is 0 Å². The van der Waals surface area contributed by atoms with Crippen molar-refractivity contribution < 1.29 is 46.6 Å². The van der Waals surface area contributed by atoms with E-state index < -0.39 is 24.4 Å². The van der Waals surface area contributed by atoms with Gasteiger partial charge in [-0.2, -0.15) is 13.2 Å². The summed E-state index contributed by atoms with van der Waals surface area (Å²) in [6, 6.07) is 28.0. The number of benzene rings is 4. The molecule has 0 aromatic heterocycles. The summed E-state index contributed by atoms with van der Waals surface area (Å²) >= 11 is 0. The molecular formula is C46H53F3N6O7. The van der Waals surface area contributed by atoms with Gasteiger partial charge in [0.2, 0.25) is 0 Å². The van der Waals surface area contributed by atoms with Gasteiger partial charge < -0.3 is 30.3 Å². The standard InChI is InChI=1S/C24H26F3N3O4.C22H27N3O3/c1-34-21-8-4-3-7-19(21)30(23(33)29-13-5-2-6-14-29)16-17-9-11-18(12-10-17)20(31)15-28-22(32)24(25,26)27;1-28-21-8-4-3-7-19(21)25(22(27)24-13-5-2-6-14-24)16-17-9-11-18(12-10-17)20(26)15-23/h3-4,7-12H,2,5-6,13-16H2,1H3,(H,28,32);3-4,7-12H,2,5-6,13-16,23H2,1H3. The van der Waals surface area contributed by atoms with Crippen LogP contribution in [-0.4, -0.2) is 99.0 Å². The highest BCUT2D eigenvalue weighted by atomic mass is 19.4. The van der Waals surface area contributed by atoms with Crippen LogP contribution in [0.1, 0.15) is 70.4 Å². The predicted molar refractivity (Wildman–Crippen MR) is 230 cm³/mol. The minimum Gasteiger partial charge on any atom is -0.495 e. The van der Waals surface area contributed by atoms with Crippen molar-refractivity contribution in [3.63, 3.8) is 0 Å². The van der Waals surface area contributed by atoms with E-state index in [1.54, 1.807) is 63.5 Å². The number of carbonyl (C=O) groups excluding carboxylic acids is 5. The molecule has 0 bridgehead atoms. The van der Waals surface area contributed by atoms with E-state index in [2.05, 4.69) is 0 Å².